The molecule has 0 bridgehead atoms. The molecule has 1 rings (SSSR count). The fourth-order valence-corrected chi connectivity index (χ4v) is 1.67. The maximum atomic E-state index is 11.0. The van der Waals surface area contributed by atoms with E-state index in [0.717, 1.165) is 0 Å². The molecule has 0 saturated carbocycles. The van der Waals surface area contributed by atoms with Gasteiger partial charge in [0.2, 0.25) is 5.91 Å². The summed E-state index contributed by atoms with van der Waals surface area (Å²) in [6, 6.07) is 0.368. The van der Waals surface area contributed by atoms with E-state index in [-0.39, 0.29) is 17.2 Å². The van der Waals surface area contributed by atoms with E-state index in [1.54, 1.807) is 0 Å². The van der Waals surface area contributed by atoms with Gasteiger partial charge in [0, 0.05) is 6.04 Å². The van der Waals surface area contributed by atoms with Crippen molar-refractivity contribution < 1.29 is 4.79 Å². The fraction of sp³-hybridized carbons (Fsp3) is 0.875. The summed E-state index contributed by atoms with van der Waals surface area (Å²) in [5, 5.41) is 2.82. The Labute approximate surface area is 62.0 Å². The lowest BCUT2D eigenvalue weighted by molar-refractivity contribution is -0.139. The van der Waals surface area contributed by atoms with Gasteiger partial charge < -0.3 is 5.32 Å². The third-order valence-corrected chi connectivity index (χ3v) is 2.09. The molecule has 1 aliphatic rings. The first-order chi connectivity index (χ1) is 4.43. The van der Waals surface area contributed by atoms with E-state index in [1.807, 2.05) is 0 Å². The van der Waals surface area contributed by atoms with Crippen molar-refractivity contribution in [1.82, 2.24) is 5.32 Å². The highest BCUT2D eigenvalue weighted by atomic mass is 16.2. The SMILES string of the molecule is CC1NC(=O)C1C(C)(C)C. The van der Waals surface area contributed by atoms with Crippen molar-refractivity contribution in [3.05, 3.63) is 0 Å². The lowest BCUT2D eigenvalue weighted by Crippen LogP contribution is -2.61. The van der Waals surface area contributed by atoms with Crippen LogP contribution in [0.25, 0.3) is 0 Å². The van der Waals surface area contributed by atoms with Gasteiger partial charge in [0.05, 0.1) is 5.92 Å². The van der Waals surface area contributed by atoms with Gasteiger partial charge in [-0.1, -0.05) is 20.8 Å². The molecule has 2 atom stereocenters. The van der Waals surface area contributed by atoms with Gasteiger partial charge in [0.1, 0.15) is 0 Å². The van der Waals surface area contributed by atoms with Gasteiger partial charge in [-0.3, -0.25) is 4.79 Å². The van der Waals surface area contributed by atoms with Crippen molar-refractivity contribution >= 4 is 5.91 Å². The third-order valence-electron chi connectivity index (χ3n) is 2.09. The smallest absolute Gasteiger partial charge is 0.225 e. The van der Waals surface area contributed by atoms with E-state index in [9.17, 15) is 4.79 Å². The van der Waals surface area contributed by atoms with Crippen LogP contribution in [-0.4, -0.2) is 11.9 Å². The number of amides is 1. The molecule has 2 unspecified atom stereocenters. The number of hydrogen-bond donors (Lipinski definition) is 1. The zero-order chi connectivity index (χ0) is 7.94. The van der Waals surface area contributed by atoms with Crippen LogP contribution in [0.1, 0.15) is 27.7 Å². The molecular weight excluding hydrogens is 126 g/mol. The Hall–Kier alpha value is -0.530. The maximum Gasteiger partial charge on any atom is 0.225 e. The molecule has 2 nitrogen and oxygen atoms in total. The zero-order valence-corrected chi connectivity index (χ0v) is 7.06. The molecule has 1 N–H and O–H groups in total. The van der Waals surface area contributed by atoms with Gasteiger partial charge in [-0.2, -0.15) is 0 Å². The number of nitrogens with one attached hydrogen (secondary N) is 1. The van der Waals surface area contributed by atoms with Gasteiger partial charge in [0.25, 0.3) is 0 Å². The predicted octanol–water partition coefficient (Wildman–Crippen LogP) is 1.17. The van der Waals surface area contributed by atoms with Crippen LogP contribution in [-0.2, 0) is 4.79 Å². The normalized spacial score (nSPS) is 33.0. The predicted molar refractivity (Wildman–Crippen MR) is 40.5 cm³/mol. The van der Waals surface area contributed by atoms with E-state index >= 15 is 0 Å². The molecule has 1 saturated heterocycles. The molecule has 1 aliphatic heterocycles. The molecule has 0 aromatic rings. The van der Waals surface area contributed by atoms with Crippen LogP contribution < -0.4 is 5.32 Å². The Morgan fingerprint density at radius 2 is 1.90 bits per heavy atom. The average Bonchev–Trinajstić information content (AvgIpc) is 1.58. The Morgan fingerprint density at radius 1 is 1.40 bits per heavy atom. The van der Waals surface area contributed by atoms with Gasteiger partial charge in [-0.25, -0.2) is 0 Å². The first-order valence-electron chi connectivity index (χ1n) is 3.73. The molecule has 2 heteroatoms. The lowest BCUT2D eigenvalue weighted by Gasteiger charge is -2.42. The molecule has 0 aromatic heterocycles. The number of rotatable bonds is 0. The highest BCUT2D eigenvalue weighted by molar-refractivity contribution is 5.86. The van der Waals surface area contributed by atoms with E-state index in [1.165, 1.54) is 0 Å². The molecule has 58 valence electrons. The summed E-state index contributed by atoms with van der Waals surface area (Å²) in [4.78, 5) is 11.0. The number of carbonyl (C=O) groups excluding carboxylic acids is 1. The number of hydrogen-bond acceptors (Lipinski definition) is 1. The minimum Gasteiger partial charge on any atom is -0.353 e. The first-order valence-corrected chi connectivity index (χ1v) is 3.73. The van der Waals surface area contributed by atoms with Crippen LogP contribution in [0.5, 0.6) is 0 Å². The van der Waals surface area contributed by atoms with Crippen molar-refractivity contribution in [2.45, 2.75) is 33.7 Å². The second kappa shape index (κ2) is 1.97. The van der Waals surface area contributed by atoms with E-state index in [4.69, 9.17) is 0 Å². The van der Waals surface area contributed by atoms with Crippen LogP contribution >= 0.6 is 0 Å². The van der Waals surface area contributed by atoms with Crippen LogP contribution in [0.4, 0.5) is 0 Å². The summed E-state index contributed by atoms with van der Waals surface area (Å²) in [6.07, 6.45) is 0. The summed E-state index contributed by atoms with van der Waals surface area (Å²) in [5.74, 6) is 0.424. The van der Waals surface area contributed by atoms with Crippen molar-refractivity contribution in [2.24, 2.45) is 11.3 Å². The molecule has 0 aliphatic carbocycles. The number of carbonyl (C=O) groups is 1. The van der Waals surface area contributed by atoms with Crippen molar-refractivity contribution in [3.8, 4) is 0 Å². The Bertz CT molecular complexity index is 157. The van der Waals surface area contributed by atoms with E-state index in [2.05, 4.69) is 33.0 Å². The summed E-state index contributed by atoms with van der Waals surface area (Å²) in [7, 11) is 0. The van der Waals surface area contributed by atoms with Gasteiger partial charge in [0.15, 0.2) is 0 Å². The fourth-order valence-electron chi connectivity index (χ4n) is 1.67. The molecule has 0 radical (unpaired) electrons. The largest absolute Gasteiger partial charge is 0.353 e. The molecule has 0 aromatic carbocycles. The quantitative estimate of drug-likeness (QED) is 0.504. The molecule has 10 heavy (non-hydrogen) atoms. The van der Waals surface area contributed by atoms with Crippen molar-refractivity contribution in [1.29, 1.82) is 0 Å². The Balaban J connectivity index is 2.64. The van der Waals surface area contributed by atoms with Crippen molar-refractivity contribution in [3.63, 3.8) is 0 Å². The standard InChI is InChI=1S/C8H15NO/c1-5-6(7(10)9-5)8(2,3)4/h5-6H,1-4H3,(H,9,10). The van der Waals surface area contributed by atoms with Gasteiger partial charge in [-0.15, -0.1) is 0 Å². The minimum atomic E-state index is 0.127. The zero-order valence-electron chi connectivity index (χ0n) is 7.06. The second-order valence-electron chi connectivity index (χ2n) is 4.14. The molecule has 1 fully saturated rings. The minimum absolute atomic E-state index is 0.127. The molecule has 1 amide bonds. The lowest BCUT2D eigenvalue weighted by atomic mass is 9.72. The summed E-state index contributed by atoms with van der Waals surface area (Å²) >= 11 is 0. The monoisotopic (exact) mass is 141 g/mol. The highest BCUT2D eigenvalue weighted by Gasteiger charge is 2.43. The van der Waals surface area contributed by atoms with Gasteiger partial charge >= 0.3 is 0 Å². The molecule has 0 spiro atoms. The van der Waals surface area contributed by atoms with E-state index in [0.29, 0.717) is 6.04 Å². The van der Waals surface area contributed by atoms with Crippen LogP contribution in [0.15, 0.2) is 0 Å². The first kappa shape index (κ1) is 7.58. The maximum absolute atomic E-state index is 11.0. The van der Waals surface area contributed by atoms with Crippen LogP contribution in [0.3, 0.4) is 0 Å². The molecular formula is C8H15NO. The van der Waals surface area contributed by atoms with Crippen LogP contribution in [0, 0.1) is 11.3 Å². The van der Waals surface area contributed by atoms with Gasteiger partial charge in [-0.05, 0) is 12.3 Å². The summed E-state index contributed by atoms with van der Waals surface area (Å²) in [5.41, 5.74) is 0.127. The van der Waals surface area contributed by atoms with Crippen molar-refractivity contribution in [2.75, 3.05) is 0 Å². The second-order valence-corrected chi connectivity index (χ2v) is 4.14. The summed E-state index contributed by atoms with van der Waals surface area (Å²) in [6.45, 7) is 8.37. The average molecular weight is 141 g/mol. The highest BCUT2D eigenvalue weighted by Crippen LogP contribution is 2.33. The Morgan fingerprint density at radius 3 is 2.00 bits per heavy atom. The third kappa shape index (κ3) is 1.02. The van der Waals surface area contributed by atoms with E-state index < -0.39 is 0 Å². The topological polar surface area (TPSA) is 29.1 Å². The number of β-lactam (4-membered cyclic amide) rings is 1. The van der Waals surface area contributed by atoms with Crippen LogP contribution in [0.2, 0.25) is 0 Å². The Kier molecular flexibility index (Phi) is 1.50. The molecule has 1 heterocycles. The summed E-state index contributed by atoms with van der Waals surface area (Å²) < 4.78 is 0.